The molecule has 15 heteroatoms. The van der Waals surface area contributed by atoms with E-state index >= 15 is 0 Å². The molecule has 2 saturated heterocycles. The molecule has 2 heterocycles. The van der Waals surface area contributed by atoms with Crippen LogP contribution in [0.25, 0.3) is 0 Å². The van der Waals surface area contributed by atoms with Crippen molar-refractivity contribution in [3.8, 4) is 0 Å². The number of esters is 1. The van der Waals surface area contributed by atoms with Gasteiger partial charge in [0.05, 0.1) is 19.3 Å². The smallest absolute Gasteiger partial charge is 0.457 e. The number of ether oxygens (including phenoxy) is 5. The second-order valence-electron chi connectivity index (χ2n) is 7.06. The van der Waals surface area contributed by atoms with Gasteiger partial charge < -0.3 is 33.4 Å². The van der Waals surface area contributed by atoms with E-state index in [2.05, 4.69) is 9.68 Å². The Morgan fingerprint density at radius 1 is 1.03 bits per heavy atom. The number of hydrogen-bond acceptors (Lipinski definition) is 13. The van der Waals surface area contributed by atoms with Crippen LogP contribution in [0.15, 0.2) is 0 Å². The number of nitrogens with zero attached hydrogens (tertiary/aromatic N) is 2. The monoisotopic (exact) mass is 452 g/mol. The molecule has 2 rings (SSSR count). The molecular weight excluding hydrogens is 428 g/mol. The summed E-state index contributed by atoms with van der Waals surface area (Å²) in [5.41, 5.74) is 0. The number of carbonyl (C=O) groups is 2. The minimum Gasteiger partial charge on any atom is -0.457 e. The number of fused-ring (bicyclic) bond motifs is 1. The Kier molecular flexibility index (Phi) is 8.99. The van der Waals surface area contributed by atoms with Crippen LogP contribution in [0.1, 0.15) is 33.1 Å². The summed E-state index contributed by atoms with van der Waals surface area (Å²) in [6, 6.07) is 0. The van der Waals surface area contributed by atoms with E-state index in [4.69, 9.17) is 23.7 Å². The highest BCUT2D eigenvalue weighted by Gasteiger charge is 2.51. The Bertz CT molecular complexity index is 657. The van der Waals surface area contributed by atoms with E-state index < -0.39 is 59.4 Å². The Morgan fingerprint density at radius 2 is 1.65 bits per heavy atom. The molecule has 0 spiro atoms. The summed E-state index contributed by atoms with van der Waals surface area (Å²) in [6.07, 6.45) is -5.06. The van der Waals surface area contributed by atoms with Crippen LogP contribution >= 0.6 is 0 Å². The molecule has 0 saturated carbocycles. The van der Waals surface area contributed by atoms with Crippen LogP contribution in [0, 0.1) is 20.2 Å². The van der Waals surface area contributed by atoms with Crippen LogP contribution in [-0.4, -0.2) is 78.7 Å². The minimum absolute atomic E-state index is 0.0402. The summed E-state index contributed by atoms with van der Waals surface area (Å²) in [5, 5.41) is 18.5. The lowest BCUT2D eigenvalue weighted by atomic mass is 10.1. The molecule has 0 aromatic carbocycles. The van der Waals surface area contributed by atoms with E-state index in [1.54, 1.807) is 13.8 Å². The summed E-state index contributed by atoms with van der Waals surface area (Å²) in [5.74, 6) is -0.614. The highest BCUT2D eigenvalue weighted by Crippen LogP contribution is 2.31. The van der Waals surface area contributed by atoms with Gasteiger partial charge in [0, 0.05) is 6.42 Å². The molecule has 0 unspecified atom stereocenters. The molecule has 0 aromatic heterocycles. The lowest BCUT2D eigenvalue weighted by Gasteiger charge is -2.18. The Labute approximate surface area is 176 Å². The van der Waals surface area contributed by atoms with Crippen LogP contribution in [0.5, 0.6) is 0 Å². The molecule has 176 valence electrons. The lowest BCUT2D eigenvalue weighted by molar-refractivity contribution is -0.790. The molecule has 2 fully saturated rings. The molecule has 5 atom stereocenters. The summed E-state index contributed by atoms with van der Waals surface area (Å²) < 4.78 is 26.5. The maximum Gasteiger partial charge on any atom is 0.508 e. The fourth-order valence-corrected chi connectivity index (χ4v) is 3.11. The van der Waals surface area contributed by atoms with E-state index in [0.717, 1.165) is 0 Å². The van der Waals surface area contributed by atoms with Crippen LogP contribution < -0.4 is 0 Å². The molecule has 31 heavy (non-hydrogen) atoms. The minimum atomic E-state index is -1.20. The van der Waals surface area contributed by atoms with E-state index in [0.29, 0.717) is 0 Å². The maximum absolute atomic E-state index is 12.1. The van der Waals surface area contributed by atoms with Gasteiger partial charge in [-0.3, -0.25) is 4.79 Å². The van der Waals surface area contributed by atoms with Crippen molar-refractivity contribution in [1.82, 2.24) is 0 Å². The highest BCUT2D eigenvalue weighted by atomic mass is 17.0. The molecule has 2 aliphatic rings. The van der Waals surface area contributed by atoms with Crippen molar-refractivity contribution in [1.29, 1.82) is 0 Å². The first-order valence-corrected chi connectivity index (χ1v) is 9.54. The van der Waals surface area contributed by atoms with Crippen LogP contribution in [0.2, 0.25) is 0 Å². The van der Waals surface area contributed by atoms with Gasteiger partial charge in [-0.15, -0.1) is 20.2 Å². The van der Waals surface area contributed by atoms with Crippen molar-refractivity contribution in [2.45, 2.75) is 69.7 Å². The van der Waals surface area contributed by atoms with Crippen molar-refractivity contribution in [2.75, 3.05) is 19.8 Å². The molecule has 2 aliphatic heterocycles. The normalized spacial score (nSPS) is 25.4. The van der Waals surface area contributed by atoms with E-state index in [1.807, 2.05) is 0 Å². The number of carbonyl (C=O) groups excluding carboxylic acids is 2. The third-order valence-corrected chi connectivity index (χ3v) is 4.33. The van der Waals surface area contributed by atoms with Gasteiger partial charge >= 0.3 is 12.1 Å². The highest BCUT2D eigenvalue weighted by molar-refractivity contribution is 5.69. The molecular formula is C16H24N2O13. The van der Waals surface area contributed by atoms with Gasteiger partial charge in [-0.2, -0.15) is 0 Å². The van der Waals surface area contributed by atoms with Gasteiger partial charge in [-0.25, -0.2) is 4.79 Å². The van der Waals surface area contributed by atoms with Gasteiger partial charge in [0.25, 0.3) is 10.2 Å². The van der Waals surface area contributed by atoms with Crippen LogP contribution in [0.4, 0.5) is 4.79 Å². The predicted molar refractivity (Wildman–Crippen MR) is 94.5 cm³/mol. The second-order valence-corrected chi connectivity index (χ2v) is 7.06. The zero-order valence-corrected chi connectivity index (χ0v) is 16.9. The fraction of sp³-hybridized carbons (Fsp3) is 0.875. The summed E-state index contributed by atoms with van der Waals surface area (Å²) in [7, 11) is 0. The first-order chi connectivity index (χ1) is 14.7. The molecule has 0 bridgehead atoms. The zero-order chi connectivity index (χ0) is 23.0. The lowest BCUT2D eigenvalue weighted by Crippen LogP contribution is -2.36. The fourth-order valence-electron chi connectivity index (χ4n) is 3.11. The zero-order valence-electron chi connectivity index (χ0n) is 16.9. The molecule has 0 aromatic rings. The molecule has 0 radical (unpaired) electrons. The average Bonchev–Trinajstić information content (AvgIpc) is 3.22. The quantitative estimate of drug-likeness (QED) is 0.228. The van der Waals surface area contributed by atoms with Crippen LogP contribution in [-0.2, 0) is 38.2 Å². The summed E-state index contributed by atoms with van der Waals surface area (Å²) >= 11 is 0. The van der Waals surface area contributed by atoms with Gasteiger partial charge in [0.1, 0.15) is 24.9 Å². The van der Waals surface area contributed by atoms with Crippen LogP contribution in [0.3, 0.4) is 0 Å². The second kappa shape index (κ2) is 11.5. The van der Waals surface area contributed by atoms with E-state index in [1.165, 1.54) is 0 Å². The topological polar surface area (TPSA) is 185 Å². The maximum atomic E-state index is 12.1. The molecule has 0 aliphatic carbocycles. The van der Waals surface area contributed by atoms with E-state index in [-0.39, 0.29) is 38.6 Å². The summed E-state index contributed by atoms with van der Waals surface area (Å²) in [6.45, 7) is 2.82. The molecule has 15 nitrogen and oxygen atoms in total. The van der Waals surface area contributed by atoms with Gasteiger partial charge in [-0.05, 0) is 26.7 Å². The van der Waals surface area contributed by atoms with Crippen molar-refractivity contribution in [3.63, 3.8) is 0 Å². The number of hydrogen-bond donors (Lipinski definition) is 0. The summed E-state index contributed by atoms with van der Waals surface area (Å²) in [4.78, 5) is 52.7. The average molecular weight is 452 g/mol. The van der Waals surface area contributed by atoms with Crippen molar-refractivity contribution >= 4 is 12.1 Å². The largest absolute Gasteiger partial charge is 0.508 e. The third kappa shape index (κ3) is 8.01. The Hall–Kier alpha value is -2.94. The number of rotatable bonds is 12. The first-order valence-electron chi connectivity index (χ1n) is 9.54. The Balaban J connectivity index is 1.73. The van der Waals surface area contributed by atoms with E-state index in [9.17, 15) is 29.8 Å². The Morgan fingerprint density at radius 3 is 2.19 bits per heavy atom. The van der Waals surface area contributed by atoms with Gasteiger partial charge in [0.2, 0.25) is 0 Å². The molecule has 0 amide bonds. The van der Waals surface area contributed by atoms with Crippen molar-refractivity contribution in [3.05, 3.63) is 20.2 Å². The first kappa shape index (κ1) is 24.3. The van der Waals surface area contributed by atoms with Gasteiger partial charge in [-0.1, -0.05) is 0 Å². The standard InChI is InChI=1S/C16H24N2O13/c1-9(2)28-16(20)30-12-8-26-14-11(7-25-15(12)14)29-13(19)5-3-4-10(31-18(23)24)6-27-17(21)22/h9-12,14-15H,3-8H2,1-2H3/t10-,11-,12-,14-,15-/m1/s1. The van der Waals surface area contributed by atoms with Gasteiger partial charge in [0.15, 0.2) is 12.2 Å². The van der Waals surface area contributed by atoms with Crippen molar-refractivity contribution in [2.24, 2.45) is 0 Å². The van der Waals surface area contributed by atoms with Crippen molar-refractivity contribution < 1.29 is 53.1 Å². The SMILES string of the molecule is CC(C)OC(=O)O[C@@H]1CO[C@H]2[C@@H]1OC[C@H]2OC(=O)CCC[C@H](CO[N+](=O)[O-])O[N+](=O)[O-]. The predicted octanol–water partition coefficient (Wildman–Crippen LogP) is 0.581. The molecule has 0 N–H and O–H groups in total. The third-order valence-electron chi connectivity index (χ3n) is 4.33.